The number of hydrogen-bond donors (Lipinski definition) is 1. The molecule has 0 saturated heterocycles. The Hall–Kier alpha value is -1.08. The fraction of sp³-hybridized carbons (Fsp3) is 0.800. The summed E-state index contributed by atoms with van der Waals surface area (Å²) in [6.07, 6.45) is 0.508. The van der Waals surface area contributed by atoms with Crippen LogP contribution in [0.4, 0.5) is 0 Å². The zero-order valence-corrected chi connectivity index (χ0v) is 15.8. The van der Waals surface area contributed by atoms with Crippen molar-refractivity contribution in [2.75, 3.05) is 19.8 Å². The molecule has 8 nitrogen and oxygen atoms in total. The third-order valence-electron chi connectivity index (χ3n) is 3.85. The third-order valence-corrected chi connectivity index (χ3v) is 4.83. The van der Waals surface area contributed by atoms with Crippen molar-refractivity contribution in [2.45, 2.75) is 47.5 Å². The molecule has 0 aromatic rings. The van der Waals surface area contributed by atoms with Crippen LogP contribution in [0.1, 0.15) is 47.5 Å². The molecule has 9 heteroatoms. The molecule has 0 aromatic heterocycles. The molecule has 0 aromatic carbocycles. The lowest BCUT2D eigenvalue weighted by molar-refractivity contribution is -0.160. The van der Waals surface area contributed by atoms with Gasteiger partial charge in [-0.3, -0.25) is 23.4 Å². The second-order valence-corrected chi connectivity index (χ2v) is 7.16. The number of Topliss-reactive ketones (excluding diaryl/α,β-unsaturated/α-hetero) is 2. The Balaban J connectivity index is 4.32. The van der Waals surface area contributed by atoms with Crippen LogP contribution >= 0.6 is 7.82 Å². The number of phosphoric ester groups is 1. The molecule has 0 aliphatic carbocycles. The summed E-state index contributed by atoms with van der Waals surface area (Å²) in [5.74, 6) is -1.63. The van der Waals surface area contributed by atoms with E-state index in [1.54, 1.807) is 20.8 Å². The summed E-state index contributed by atoms with van der Waals surface area (Å²) in [6, 6.07) is 0. The Morgan fingerprint density at radius 2 is 1.75 bits per heavy atom. The summed E-state index contributed by atoms with van der Waals surface area (Å²) in [7, 11) is -4.33. The maximum absolute atomic E-state index is 12.0. The lowest BCUT2D eigenvalue weighted by Gasteiger charge is -2.24. The number of ether oxygens (including phenoxy) is 1. The molecule has 0 amide bonds. The van der Waals surface area contributed by atoms with Crippen LogP contribution in [-0.4, -0.2) is 42.2 Å². The number of carbonyl (C=O) groups is 3. The summed E-state index contributed by atoms with van der Waals surface area (Å²) in [5, 5.41) is 0. The summed E-state index contributed by atoms with van der Waals surface area (Å²) in [4.78, 5) is 44.3. The highest BCUT2D eigenvalue weighted by Gasteiger charge is 2.39. The van der Waals surface area contributed by atoms with Crippen LogP contribution in [0.25, 0.3) is 0 Å². The quantitative estimate of drug-likeness (QED) is 0.242. The zero-order valence-electron chi connectivity index (χ0n) is 14.9. The van der Waals surface area contributed by atoms with Crippen LogP contribution in [0.5, 0.6) is 0 Å². The van der Waals surface area contributed by atoms with E-state index in [0.29, 0.717) is 6.42 Å². The van der Waals surface area contributed by atoms with Crippen molar-refractivity contribution >= 4 is 25.4 Å². The molecule has 0 bridgehead atoms. The maximum Gasteiger partial charge on any atom is 0.472 e. The summed E-state index contributed by atoms with van der Waals surface area (Å²) >= 11 is 0. The first-order valence-electron chi connectivity index (χ1n) is 7.83. The van der Waals surface area contributed by atoms with E-state index in [2.05, 4.69) is 9.05 Å². The molecule has 0 spiro atoms. The SMILES string of the molecule is CCC(=O)C(C)(CC)C(=O)OCCOP(=O)(O)OCC(C)C(C)=O. The van der Waals surface area contributed by atoms with E-state index < -0.39 is 25.1 Å². The van der Waals surface area contributed by atoms with Crippen LogP contribution in [0, 0.1) is 11.3 Å². The third kappa shape index (κ3) is 7.21. The van der Waals surface area contributed by atoms with Crippen molar-refractivity contribution in [3.05, 3.63) is 0 Å². The Bertz CT molecular complexity index is 504. The van der Waals surface area contributed by atoms with Gasteiger partial charge in [-0.2, -0.15) is 0 Å². The Labute approximate surface area is 142 Å². The second kappa shape index (κ2) is 10.0. The smallest absolute Gasteiger partial charge is 0.462 e. The molecule has 140 valence electrons. The van der Waals surface area contributed by atoms with Gasteiger partial charge in [0, 0.05) is 12.3 Å². The number of hydrogen-bond acceptors (Lipinski definition) is 7. The minimum Gasteiger partial charge on any atom is -0.462 e. The van der Waals surface area contributed by atoms with Gasteiger partial charge < -0.3 is 9.63 Å². The fourth-order valence-corrected chi connectivity index (χ4v) is 2.44. The predicted molar refractivity (Wildman–Crippen MR) is 86.2 cm³/mol. The summed E-state index contributed by atoms with van der Waals surface area (Å²) in [6.45, 7) is 6.87. The number of phosphoric acid groups is 1. The van der Waals surface area contributed by atoms with Crippen molar-refractivity contribution in [3.8, 4) is 0 Å². The van der Waals surface area contributed by atoms with Crippen molar-refractivity contribution in [3.63, 3.8) is 0 Å². The van der Waals surface area contributed by atoms with E-state index in [1.807, 2.05) is 0 Å². The van der Waals surface area contributed by atoms with Crippen LogP contribution in [0.15, 0.2) is 0 Å². The highest BCUT2D eigenvalue weighted by molar-refractivity contribution is 7.47. The zero-order chi connectivity index (χ0) is 19.0. The predicted octanol–water partition coefficient (Wildman–Crippen LogP) is 2.28. The molecule has 3 unspecified atom stereocenters. The van der Waals surface area contributed by atoms with Crippen molar-refractivity contribution in [2.24, 2.45) is 11.3 Å². The Morgan fingerprint density at radius 3 is 2.21 bits per heavy atom. The fourth-order valence-electron chi connectivity index (χ4n) is 1.65. The molecular formula is C15H27O8P. The average molecular weight is 366 g/mol. The second-order valence-electron chi connectivity index (χ2n) is 5.71. The van der Waals surface area contributed by atoms with Crippen LogP contribution in [0.2, 0.25) is 0 Å². The first-order valence-corrected chi connectivity index (χ1v) is 9.32. The van der Waals surface area contributed by atoms with Gasteiger partial charge in [0.2, 0.25) is 0 Å². The average Bonchev–Trinajstić information content (AvgIpc) is 2.54. The minimum absolute atomic E-state index is 0.177. The number of rotatable bonds is 12. The summed E-state index contributed by atoms with van der Waals surface area (Å²) in [5.41, 5.74) is -1.23. The highest BCUT2D eigenvalue weighted by atomic mass is 31.2. The lowest BCUT2D eigenvalue weighted by atomic mass is 9.82. The largest absolute Gasteiger partial charge is 0.472 e. The highest BCUT2D eigenvalue weighted by Crippen LogP contribution is 2.43. The van der Waals surface area contributed by atoms with Gasteiger partial charge in [0.1, 0.15) is 23.6 Å². The Morgan fingerprint density at radius 1 is 1.17 bits per heavy atom. The Kier molecular flexibility index (Phi) is 9.58. The first-order chi connectivity index (χ1) is 11.0. The van der Waals surface area contributed by atoms with Crippen molar-refractivity contribution < 1.29 is 37.6 Å². The van der Waals surface area contributed by atoms with Gasteiger partial charge in [-0.25, -0.2) is 4.57 Å². The van der Waals surface area contributed by atoms with Gasteiger partial charge in [0.25, 0.3) is 0 Å². The molecule has 0 heterocycles. The van der Waals surface area contributed by atoms with Gasteiger partial charge in [-0.1, -0.05) is 20.8 Å². The number of esters is 1. The first kappa shape index (κ1) is 22.9. The monoisotopic (exact) mass is 366 g/mol. The molecular weight excluding hydrogens is 339 g/mol. The van der Waals surface area contributed by atoms with E-state index in [4.69, 9.17) is 4.74 Å². The van der Waals surface area contributed by atoms with Gasteiger partial charge in [0.05, 0.1) is 13.2 Å². The van der Waals surface area contributed by atoms with E-state index in [0.717, 1.165) is 0 Å². The normalized spacial score (nSPS) is 17.4. The van der Waals surface area contributed by atoms with E-state index in [1.165, 1.54) is 13.8 Å². The van der Waals surface area contributed by atoms with Crippen molar-refractivity contribution in [1.29, 1.82) is 0 Å². The molecule has 1 N–H and O–H groups in total. The van der Waals surface area contributed by atoms with Crippen molar-refractivity contribution in [1.82, 2.24) is 0 Å². The molecule has 0 rings (SSSR count). The molecule has 0 aliphatic heterocycles. The van der Waals surface area contributed by atoms with Crippen LogP contribution < -0.4 is 0 Å². The van der Waals surface area contributed by atoms with Gasteiger partial charge in [-0.15, -0.1) is 0 Å². The van der Waals surface area contributed by atoms with E-state index in [-0.39, 0.29) is 37.8 Å². The van der Waals surface area contributed by atoms with E-state index in [9.17, 15) is 23.8 Å². The van der Waals surface area contributed by atoms with Gasteiger partial charge in [-0.05, 0) is 20.3 Å². The molecule has 3 atom stereocenters. The molecule has 0 fully saturated rings. The number of ketones is 2. The number of carbonyl (C=O) groups excluding carboxylic acids is 3. The molecule has 0 radical (unpaired) electrons. The van der Waals surface area contributed by atoms with Gasteiger partial charge in [0.15, 0.2) is 0 Å². The minimum atomic E-state index is -4.33. The molecule has 24 heavy (non-hydrogen) atoms. The van der Waals surface area contributed by atoms with Crippen LogP contribution in [0.3, 0.4) is 0 Å². The molecule has 0 aliphatic rings. The molecule has 0 saturated carbocycles. The van der Waals surface area contributed by atoms with Crippen LogP contribution in [-0.2, 0) is 32.7 Å². The van der Waals surface area contributed by atoms with Gasteiger partial charge >= 0.3 is 13.8 Å². The lowest BCUT2D eigenvalue weighted by Crippen LogP contribution is -2.37. The van der Waals surface area contributed by atoms with E-state index >= 15 is 0 Å². The summed E-state index contributed by atoms with van der Waals surface area (Å²) < 4.78 is 25.9. The standard InChI is InChI=1S/C15H27O8P/c1-6-13(17)15(5,7-2)14(18)21-8-9-22-24(19,20)23-10-11(3)12(4)16/h11H,6-10H2,1-5H3,(H,19,20). The topological polar surface area (TPSA) is 116 Å². The maximum atomic E-state index is 12.0.